The number of ether oxygens (including phenoxy) is 1. The third-order valence-electron chi connectivity index (χ3n) is 2.87. The number of rotatable bonds is 3. The Bertz CT molecular complexity index is 365. The van der Waals surface area contributed by atoms with Crippen LogP contribution in [0.1, 0.15) is 25.3 Å². The van der Waals surface area contributed by atoms with Gasteiger partial charge in [0, 0.05) is 12.0 Å². The summed E-state index contributed by atoms with van der Waals surface area (Å²) in [5.41, 5.74) is 6.45. The Morgan fingerprint density at radius 1 is 1.53 bits per heavy atom. The molecule has 1 unspecified atom stereocenters. The van der Waals surface area contributed by atoms with E-state index in [0.717, 1.165) is 30.6 Å². The van der Waals surface area contributed by atoms with Crippen LogP contribution >= 0.6 is 0 Å². The average Bonchev–Trinajstić information content (AvgIpc) is 2.51. The molecule has 3 nitrogen and oxygen atoms in total. The van der Waals surface area contributed by atoms with Crippen molar-refractivity contribution in [1.82, 2.24) is 0 Å². The number of fused-ring (bicyclic) bond motifs is 1. The van der Waals surface area contributed by atoms with E-state index < -0.39 is 0 Å². The van der Waals surface area contributed by atoms with Crippen molar-refractivity contribution in [3.8, 4) is 11.5 Å². The lowest BCUT2D eigenvalue weighted by atomic mass is 9.94. The molecule has 1 atom stereocenters. The zero-order chi connectivity index (χ0) is 10.9. The van der Waals surface area contributed by atoms with Gasteiger partial charge in [0.15, 0.2) is 0 Å². The smallest absolute Gasteiger partial charge is 0.123 e. The zero-order valence-corrected chi connectivity index (χ0v) is 8.99. The van der Waals surface area contributed by atoms with Crippen LogP contribution in [-0.4, -0.2) is 17.3 Å². The molecule has 1 aliphatic heterocycles. The molecule has 0 saturated carbocycles. The second kappa shape index (κ2) is 3.74. The van der Waals surface area contributed by atoms with Gasteiger partial charge in [0.25, 0.3) is 0 Å². The summed E-state index contributed by atoms with van der Waals surface area (Å²) in [4.78, 5) is 0. The quantitative estimate of drug-likeness (QED) is 0.795. The van der Waals surface area contributed by atoms with E-state index >= 15 is 0 Å². The number of hydrogen-bond acceptors (Lipinski definition) is 3. The van der Waals surface area contributed by atoms with Crippen LogP contribution in [0.15, 0.2) is 18.2 Å². The van der Waals surface area contributed by atoms with Crippen LogP contribution in [0.4, 0.5) is 0 Å². The summed E-state index contributed by atoms with van der Waals surface area (Å²) in [5.74, 6) is 1.20. The largest absolute Gasteiger partial charge is 0.508 e. The maximum atomic E-state index is 9.37. The van der Waals surface area contributed by atoms with Crippen LogP contribution in [0.3, 0.4) is 0 Å². The first-order valence-electron chi connectivity index (χ1n) is 5.34. The third kappa shape index (κ3) is 2.07. The lowest BCUT2D eigenvalue weighted by molar-refractivity contribution is 0.104. The Balaban J connectivity index is 2.14. The van der Waals surface area contributed by atoms with Crippen LogP contribution in [0, 0.1) is 0 Å². The molecule has 0 fully saturated rings. The maximum absolute atomic E-state index is 9.37. The van der Waals surface area contributed by atoms with E-state index in [-0.39, 0.29) is 5.60 Å². The number of nitrogens with two attached hydrogens (primary N) is 1. The van der Waals surface area contributed by atoms with Crippen molar-refractivity contribution in [3.63, 3.8) is 0 Å². The summed E-state index contributed by atoms with van der Waals surface area (Å²) in [6.45, 7) is 2.79. The molecule has 0 saturated heterocycles. The van der Waals surface area contributed by atoms with Gasteiger partial charge < -0.3 is 15.6 Å². The van der Waals surface area contributed by atoms with Gasteiger partial charge in [-0.05, 0) is 44.5 Å². The van der Waals surface area contributed by atoms with Gasteiger partial charge >= 0.3 is 0 Å². The van der Waals surface area contributed by atoms with E-state index in [4.69, 9.17) is 10.5 Å². The summed E-state index contributed by atoms with van der Waals surface area (Å²) < 4.78 is 5.88. The van der Waals surface area contributed by atoms with Gasteiger partial charge in [-0.15, -0.1) is 0 Å². The molecule has 1 aromatic rings. The highest BCUT2D eigenvalue weighted by Gasteiger charge is 2.34. The average molecular weight is 207 g/mol. The summed E-state index contributed by atoms with van der Waals surface area (Å²) in [6, 6.07) is 5.27. The highest BCUT2D eigenvalue weighted by Crippen LogP contribution is 2.38. The number of hydrogen-bond donors (Lipinski definition) is 2. The molecule has 15 heavy (non-hydrogen) atoms. The fourth-order valence-corrected chi connectivity index (χ4v) is 2.12. The van der Waals surface area contributed by atoms with Crippen molar-refractivity contribution in [2.24, 2.45) is 5.73 Å². The Hall–Kier alpha value is -1.22. The summed E-state index contributed by atoms with van der Waals surface area (Å²) in [7, 11) is 0. The molecular weight excluding hydrogens is 190 g/mol. The van der Waals surface area contributed by atoms with Crippen LogP contribution in [0.5, 0.6) is 11.5 Å². The molecule has 1 aliphatic rings. The number of phenols is 1. The third-order valence-corrected chi connectivity index (χ3v) is 2.87. The van der Waals surface area contributed by atoms with Gasteiger partial charge in [-0.25, -0.2) is 0 Å². The number of aromatic hydroxyl groups is 1. The Morgan fingerprint density at radius 2 is 2.33 bits per heavy atom. The number of phenolic OH excluding ortho intramolecular Hbond substituents is 1. The minimum atomic E-state index is -0.143. The van der Waals surface area contributed by atoms with Crippen molar-refractivity contribution >= 4 is 0 Å². The van der Waals surface area contributed by atoms with Gasteiger partial charge in [-0.1, -0.05) is 0 Å². The molecule has 2 rings (SSSR count). The van der Waals surface area contributed by atoms with Crippen LogP contribution in [0.2, 0.25) is 0 Å². The molecule has 1 heterocycles. The minimum Gasteiger partial charge on any atom is -0.508 e. The SMILES string of the molecule is CC1(CCCN)Cc2cc(O)ccc2O1. The van der Waals surface area contributed by atoms with E-state index in [1.165, 1.54) is 0 Å². The first-order chi connectivity index (χ1) is 7.13. The first kappa shape index (κ1) is 10.3. The molecule has 3 N–H and O–H groups in total. The van der Waals surface area contributed by atoms with E-state index in [1.807, 2.05) is 6.07 Å². The van der Waals surface area contributed by atoms with E-state index in [2.05, 4.69) is 6.92 Å². The Morgan fingerprint density at radius 3 is 3.07 bits per heavy atom. The van der Waals surface area contributed by atoms with Crippen molar-refractivity contribution in [1.29, 1.82) is 0 Å². The molecule has 0 bridgehead atoms. The van der Waals surface area contributed by atoms with Gasteiger partial charge in [0.05, 0.1) is 0 Å². The number of benzene rings is 1. The van der Waals surface area contributed by atoms with Crippen molar-refractivity contribution in [2.45, 2.75) is 31.8 Å². The summed E-state index contributed by atoms with van der Waals surface area (Å²) >= 11 is 0. The first-order valence-corrected chi connectivity index (χ1v) is 5.34. The summed E-state index contributed by atoms with van der Waals surface area (Å²) in [6.07, 6.45) is 2.78. The van der Waals surface area contributed by atoms with Crippen molar-refractivity contribution in [2.75, 3.05) is 6.54 Å². The van der Waals surface area contributed by atoms with Crippen molar-refractivity contribution in [3.05, 3.63) is 23.8 Å². The van der Waals surface area contributed by atoms with Crippen LogP contribution < -0.4 is 10.5 Å². The molecule has 1 aromatic carbocycles. The molecule has 0 spiro atoms. The zero-order valence-electron chi connectivity index (χ0n) is 8.99. The fourth-order valence-electron chi connectivity index (χ4n) is 2.12. The van der Waals surface area contributed by atoms with Crippen LogP contribution in [0.25, 0.3) is 0 Å². The predicted octanol–water partition coefficient (Wildman–Crippen LogP) is 1.82. The molecule has 3 heteroatoms. The standard InChI is InChI=1S/C12H17NO2/c1-12(5-2-6-13)8-9-7-10(14)3-4-11(9)15-12/h3-4,7,14H,2,5-6,8,13H2,1H3. The Kier molecular flexibility index (Phi) is 2.57. The highest BCUT2D eigenvalue weighted by molar-refractivity contribution is 5.43. The van der Waals surface area contributed by atoms with Crippen LogP contribution in [-0.2, 0) is 6.42 Å². The highest BCUT2D eigenvalue weighted by atomic mass is 16.5. The molecule has 82 valence electrons. The second-order valence-corrected chi connectivity index (χ2v) is 4.41. The van der Waals surface area contributed by atoms with E-state index in [0.29, 0.717) is 12.3 Å². The van der Waals surface area contributed by atoms with Gasteiger partial charge in [-0.3, -0.25) is 0 Å². The maximum Gasteiger partial charge on any atom is 0.123 e. The lowest BCUT2D eigenvalue weighted by Gasteiger charge is -2.23. The molecule has 0 aromatic heterocycles. The fraction of sp³-hybridized carbons (Fsp3) is 0.500. The normalized spacial score (nSPS) is 23.6. The Labute approximate surface area is 89.9 Å². The summed E-state index contributed by atoms with van der Waals surface area (Å²) in [5, 5.41) is 9.37. The van der Waals surface area contributed by atoms with Gasteiger partial charge in [0.2, 0.25) is 0 Å². The molecule has 0 amide bonds. The molecule has 0 aliphatic carbocycles. The van der Waals surface area contributed by atoms with Gasteiger partial charge in [-0.2, -0.15) is 0 Å². The van der Waals surface area contributed by atoms with Gasteiger partial charge in [0.1, 0.15) is 17.1 Å². The monoisotopic (exact) mass is 207 g/mol. The topological polar surface area (TPSA) is 55.5 Å². The molecule has 0 radical (unpaired) electrons. The predicted molar refractivity (Wildman–Crippen MR) is 59.1 cm³/mol. The van der Waals surface area contributed by atoms with E-state index in [1.54, 1.807) is 12.1 Å². The minimum absolute atomic E-state index is 0.143. The lowest BCUT2D eigenvalue weighted by Crippen LogP contribution is -2.30. The van der Waals surface area contributed by atoms with Crippen molar-refractivity contribution < 1.29 is 9.84 Å². The van der Waals surface area contributed by atoms with E-state index in [9.17, 15) is 5.11 Å². The second-order valence-electron chi connectivity index (χ2n) is 4.41. The molecular formula is C12H17NO2.